The van der Waals surface area contributed by atoms with E-state index in [9.17, 15) is 87.5 Å². The molecule has 0 saturated carbocycles. The van der Waals surface area contributed by atoms with Gasteiger partial charge in [0.1, 0.15) is 13.1 Å². The van der Waals surface area contributed by atoms with Crippen LogP contribution in [0.25, 0.3) is 0 Å². The van der Waals surface area contributed by atoms with E-state index in [0.29, 0.717) is 0 Å². The predicted molar refractivity (Wildman–Crippen MR) is 72.1 cm³/mol. The van der Waals surface area contributed by atoms with Crippen molar-refractivity contribution >= 4 is 10.0 Å². The van der Waals surface area contributed by atoms with E-state index in [1.807, 2.05) is 0 Å². The second-order valence-corrected chi connectivity index (χ2v) is 8.48. The number of hydrogen-bond donors (Lipinski definition) is 0. The standard InChI is InChI=1S/C12H10F18NO2S/c1-3-31(30,4-2)34(32,33)12(28,29)10(23,24)8(19,20)6(15,16)5(13,14)7(17,18)9(21,22)11(25,26)27/h3-4H2,1-2H3/q+1. The molecule has 0 spiro atoms. The Kier molecular flexibility index (Phi) is 7.76. The summed E-state index contributed by atoms with van der Waals surface area (Å²) in [5.74, 6) is -52.2. The van der Waals surface area contributed by atoms with Crippen molar-refractivity contribution in [1.82, 2.24) is 0 Å². The number of alkyl halides is 17. The van der Waals surface area contributed by atoms with E-state index < -0.39 is 74.2 Å². The van der Waals surface area contributed by atoms with Crippen molar-refractivity contribution in [2.24, 2.45) is 0 Å². The number of nitrogens with zero attached hydrogens (tertiary/aromatic N) is 1. The summed E-state index contributed by atoms with van der Waals surface area (Å²) in [6.07, 6.45) is -7.91. The lowest BCUT2D eigenvalue weighted by molar-refractivity contribution is -0.948. The summed E-state index contributed by atoms with van der Waals surface area (Å²) in [7, 11) is -7.82. The van der Waals surface area contributed by atoms with E-state index in [0.717, 1.165) is 0 Å². The normalized spacial score (nSPS) is 16.7. The fourth-order valence-corrected chi connectivity index (χ4v) is 3.62. The highest BCUT2D eigenvalue weighted by Crippen LogP contribution is 2.64. The van der Waals surface area contributed by atoms with Crippen molar-refractivity contribution in [3.8, 4) is 0 Å². The molecule has 0 unspecified atom stereocenters. The molecule has 34 heavy (non-hydrogen) atoms. The Balaban J connectivity index is 7.14. The smallest absolute Gasteiger partial charge is 0.192 e. The van der Waals surface area contributed by atoms with Crippen LogP contribution >= 0.6 is 0 Å². The molecule has 0 saturated heterocycles. The van der Waals surface area contributed by atoms with Crippen LogP contribution in [0.4, 0.5) is 79.1 Å². The molecule has 22 heteroatoms. The van der Waals surface area contributed by atoms with Gasteiger partial charge >= 0.3 is 57.0 Å². The van der Waals surface area contributed by atoms with E-state index in [1.54, 1.807) is 0 Å². The molecule has 0 aliphatic rings. The number of hydrogen-bond acceptors (Lipinski definition) is 2. The van der Waals surface area contributed by atoms with Crippen LogP contribution in [0.3, 0.4) is 0 Å². The molecule has 0 fully saturated rings. The van der Waals surface area contributed by atoms with Gasteiger partial charge in [-0.3, -0.25) is 0 Å². The molecule has 206 valence electrons. The van der Waals surface area contributed by atoms with Gasteiger partial charge in [-0.05, 0) is 18.0 Å². The highest BCUT2D eigenvalue weighted by atomic mass is 32.2. The minimum atomic E-state index is -8.94. The van der Waals surface area contributed by atoms with Gasteiger partial charge in [0.25, 0.3) is 0 Å². The van der Waals surface area contributed by atoms with Gasteiger partial charge in [0.15, 0.2) is 0 Å². The topological polar surface area (TPSA) is 34.1 Å². The minimum absolute atomic E-state index is 0.288. The first kappa shape index (κ1) is 32.7. The van der Waals surface area contributed by atoms with Gasteiger partial charge < -0.3 is 0 Å². The molecule has 0 aromatic heterocycles. The quantitative estimate of drug-likeness (QED) is 0.236. The van der Waals surface area contributed by atoms with Crippen LogP contribution in [0.5, 0.6) is 0 Å². The molecule has 0 aromatic carbocycles. The van der Waals surface area contributed by atoms with Gasteiger partial charge in [-0.25, -0.2) is 0 Å². The lowest BCUT2D eigenvalue weighted by atomic mass is 9.91. The van der Waals surface area contributed by atoms with Crippen molar-refractivity contribution in [3.63, 3.8) is 0 Å². The van der Waals surface area contributed by atoms with Crippen molar-refractivity contribution in [1.29, 1.82) is 0 Å². The van der Waals surface area contributed by atoms with E-state index in [4.69, 9.17) is 0 Å². The molecule has 0 aliphatic carbocycles. The third-order valence-corrected chi connectivity index (χ3v) is 6.67. The SMILES string of the molecule is CC[N+](F)(CC)S(=O)(=O)C(F)(F)C(F)(F)C(F)(F)C(F)(F)C(F)(F)C(F)(F)C(F)(F)C(F)(F)F. The molecule has 0 atom stereocenters. The minimum Gasteiger partial charge on any atom is -0.192 e. The van der Waals surface area contributed by atoms with Crippen molar-refractivity contribution < 1.29 is 91.6 Å². The summed E-state index contributed by atoms with van der Waals surface area (Å²) in [6.45, 7) is -3.09. The summed E-state index contributed by atoms with van der Waals surface area (Å²) in [6, 6.07) is 0. The molecule has 0 aromatic rings. The van der Waals surface area contributed by atoms with Crippen LogP contribution in [0, 0.1) is 0 Å². The average molecular weight is 574 g/mol. The average Bonchev–Trinajstić information content (AvgIpc) is 2.64. The summed E-state index contributed by atoms with van der Waals surface area (Å²) in [4.78, 5) is 0. The zero-order valence-electron chi connectivity index (χ0n) is 15.9. The van der Waals surface area contributed by atoms with Crippen LogP contribution in [0.2, 0.25) is 0 Å². The fourth-order valence-electron chi connectivity index (χ4n) is 2.08. The first-order valence-corrected chi connectivity index (χ1v) is 9.34. The maximum Gasteiger partial charge on any atom is 0.467 e. The molecule has 0 heterocycles. The van der Waals surface area contributed by atoms with Gasteiger partial charge in [-0.1, -0.05) is 0 Å². The Morgan fingerprint density at radius 3 is 0.971 bits per heavy atom. The highest BCUT2D eigenvalue weighted by Gasteiger charge is 2.97. The number of quaternary nitrogens is 1. The van der Waals surface area contributed by atoms with Crippen LogP contribution in [0.1, 0.15) is 13.8 Å². The fraction of sp³-hybridized carbons (Fsp3) is 1.00. The Morgan fingerprint density at radius 2 is 0.735 bits per heavy atom. The van der Waals surface area contributed by atoms with Crippen LogP contribution in [-0.2, 0) is 10.0 Å². The molecule has 0 amide bonds. The van der Waals surface area contributed by atoms with Gasteiger partial charge in [0.2, 0.25) is 0 Å². The lowest BCUT2D eigenvalue weighted by Crippen LogP contribution is -2.75. The maximum atomic E-state index is 14.1. The number of halogens is 18. The molecule has 0 N–H and O–H groups in total. The lowest BCUT2D eigenvalue weighted by Gasteiger charge is -2.42. The van der Waals surface area contributed by atoms with Gasteiger partial charge in [0, 0.05) is 4.48 Å². The Bertz CT molecular complexity index is 857. The molecular weight excluding hydrogens is 564 g/mol. The first-order valence-electron chi connectivity index (χ1n) is 7.90. The summed E-state index contributed by atoms with van der Waals surface area (Å²) in [5.41, 5.74) is 0. The maximum absolute atomic E-state index is 14.1. The summed E-state index contributed by atoms with van der Waals surface area (Å²) in [5, 5.41) is -7.86. The molecule has 3 nitrogen and oxygen atoms in total. The number of rotatable bonds is 10. The Hall–Kier alpha value is -1.35. The van der Waals surface area contributed by atoms with E-state index in [1.165, 1.54) is 0 Å². The third-order valence-electron chi connectivity index (χ3n) is 4.39. The first-order chi connectivity index (χ1) is 14.4. The number of sulfonamides is 1. The van der Waals surface area contributed by atoms with Gasteiger partial charge in [-0.2, -0.15) is 83.1 Å². The molecular formula is C12H10F18NO2S+. The van der Waals surface area contributed by atoms with E-state index >= 15 is 0 Å². The molecule has 0 radical (unpaired) electrons. The Morgan fingerprint density at radius 1 is 0.500 bits per heavy atom. The third kappa shape index (κ3) is 3.67. The largest absolute Gasteiger partial charge is 0.467 e. The highest BCUT2D eigenvalue weighted by molar-refractivity contribution is 7.87. The second kappa shape index (κ2) is 8.08. The predicted octanol–water partition coefficient (Wildman–Crippen LogP) is 6.02. The van der Waals surface area contributed by atoms with Gasteiger partial charge in [0.05, 0.1) is 0 Å². The van der Waals surface area contributed by atoms with Crippen LogP contribution < -0.4 is 0 Å². The molecule has 0 rings (SSSR count). The molecule has 0 aliphatic heterocycles. The van der Waals surface area contributed by atoms with Crippen LogP contribution in [0.15, 0.2) is 0 Å². The van der Waals surface area contributed by atoms with E-state index in [-0.39, 0.29) is 13.8 Å². The van der Waals surface area contributed by atoms with Crippen molar-refractivity contribution in [2.45, 2.75) is 60.8 Å². The molecule has 0 bridgehead atoms. The second-order valence-electron chi connectivity index (χ2n) is 6.36. The van der Waals surface area contributed by atoms with Crippen LogP contribution in [-0.4, -0.2) is 72.6 Å². The van der Waals surface area contributed by atoms with Crippen molar-refractivity contribution in [2.75, 3.05) is 13.1 Å². The zero-order chi connectivity index (χ0) is 28.4. The van der Waals surface area contributed by atoms with E-state index in [2.05, 4.69) is 0 Å². The summed E-state index contributed by atoms with van der Waals surface area (Å²) >= 11 is 0. The zero-order valence-corrected chi connectivity index (χ0v) is 16.7. The van der Waals surface area contributed by atoms with Crippen molar-refractivity contribution in [3.05, 3.63) is 0 Å². The summed E-state index contributed by atoms with van der Waals surface area (Å²) < 4.78 is 256. The monoisotopic (exact) mass is 574 g/mol. The van der Waals surface area contributed by atoms with Gasteiger partial charge in [-0.15, -0.1) is 0 Å². The Labute approximate surface area is 176 Å².